The van der Waals surface area contributed by atoms with E-state index in [1.807, 2.05) is 21.1 Å². The Morgan fingerprint density at radius 2 is 1.21 bits per heavy atom. The molecule has 166 valence electrons. The third-order valence-corrected chi connectivity index (χ3v) is 4.94. The van der Waals surface area contributed by atoms with Crippen LogP contribution in [-0.4, -0.2) is 55.3 Å². The number of unbranched alkanes of at least 4 members (excludes halogenated alkanes) is 12. The monoisotopic (exact) mass is 403 g/mol. The van der Waals surface area contributed by atoms with Crippen LogP contribution in [0.15, 0.2) is 0 Å². The molecule has 0 aromatic heterocycles. The zero-order chi connectivity index (χ0) is 21.3. The van der Waals surface area contributed by atoms with E-state index in [0.29, 0.717) is 17.4 Å². The number of hydrogen-bond donors (Lipinski definition) is 1. The van der Waals surface area contributed by atoms with Crippen LogP contribution in [0.5, 0.6) is 0 Å². The van der Waals surface area contributed by atoms with Gasteiger partial charge in [0.1, 0.15) is 6.54 Å². The Bertz CT molecular complexity index is 404. The third-order valence-electron chi connectivity index (χ3n) is 4.94. The Labute approximate surface area is 173 Å². The van der Waals surface area contributed by atoms with Crippen LogP contribution >= 0.6 is 0 Å². The van der Waals surface area contributed by atoms with Crippen molar-refractivity contribution in [3.05, 3.63) is 0 Å². The van der Waals surface area contributed by atoms with Crippen LogP contribution in [0.4, 0.5) is 0 Å². The van der Waals surface area contributed by atoms with E-state index in [1.54, 1.807) is 0 Å². The molecule has 0 bridgehead atoms. The second kappa shape index (κ2) is 16.8. The lowest BCUT2D eigenvalue weighted by molar-refractivity contribution is -0.873. The second-order valence-corrected chi connectivity index (χ2v) is 9.18. The van der Waals surface area contributed by atoms with Gasteiger partial charge < -0.3 is 14.3 Å². The van der Waals surface area contributed by atoms with E-state index in [4.69, 9.17) is 9.84 Å². The van der Waals surface area contributed by atoms with Gasteiger partial charge in [0.05, 0.1) is 27.6 Å². The largest absolute Gasteiger partial charge is 0.481 e. The summed E-state index contributed by atoms with van der Waals surface area (Å²) < 4.78 is 5.98. The minimum absolute atomic E-state index is 0.125. The molecule has 28 heavy (non-hydrogen) atoms. The summed E-state index contributed by atoms with van der Waals surface area (Å²) in [4.78, 5) is 23.0. The Morgan fingerprint density at radius 3 is 1.61 bits per heavy atom. The minimum Gasteiger partial charge on any atom is -0.481 e. The van der Waals surface area contributed by atoms with Crippen LogP contribution in [0, 0.1) is 0 Å². The number of hydrogen-bond acceptors (Lipinski definition) is 3. The molecule has 0 spiro atoms. The first-order valence-corrected chi connectivity index (χ1v) is 11.5. The first-order chi connectivity index (χ1) is 13.2. The van der Waals surface area contributed by atoms with Crippen LogP contribution in [0.3, 0.4) is 0 Å². The van der Waals surface area contributed by atoms with Crippen molar-refractivity contribution in [2.45, 2.75) is 109 Å². The summed E-state index contributed by atoms with van der Waals surface area (Å²) in [6, 6.07) is 0. The normalized spacial score (nSPS) is 12.7. The molecule has 0 aliphatic rings. The van der Waals surface area contributed by atoms with E-state index < -0.39 is 12.1 Å². The van der Waals surface area contributed by atoms with Gasteiger partial charge in [0.15, 0.2) is 6.10 Å². The molecule has 0 saturated heterocycles. The maximum atomic E-state index is 12.0. The molecule has 0 aliphatic heterocycles. The summed E-state index contributed by atoms with van der Waals surface area (Å²) >= 11 is 0. The van der Waals surface area contributed by atoms with Crippen LogP contribution in [0.1, 0.15) is 103 Å². The van der Waals surface area contributed by atoms with Crippen molar-refractivity contribution in [3.8, 4) is 0 Å². The third kappa shape index (κ3) is 19.7. The second-order valence-electron chi connectivity index (χ2n) is 9.18. The summed E-state index contributed by atoms with van der Waals surface area (Å²) in [6.07, 6.45) is 16.2. The predicted molar refractivity (Wildman–Crippen MR) is 115 cm³/mol. The highest BCUT2D eigenvalue weighted by atomic mass is 16.5. The van der Waals surface area contributed by atoms with Gasteiger partial charge in [0.2, 0.25) is 0 Å². The van der Waals surface area contributed by atoms with Crippen molar-refractivity contribution >= 4 is 11.9 Å². The van der Waals surface area contributed by atoms with E-state index in [-0.39, 0.29) is 12.4 Å². The van der Waals surface area contributed by atoms with Gasteiger partial charge in [-0.2, -0.15) is 0 Å². The van der Waals surface area contributed by atoms with E-state index in [0.717, 1.165) is 12.8 Å². The lowest BCUT2D eigenvalue weighted by Crippen LogP contribution is -2.43. The first kappa shape index (κ1) is 26.9. The molecular weight excluding hydrogens is 357 g/mol. The number of likely N-dealkylation sites (N-methyl/N-ethyl adjacent to an activating group) is 1. The van der Waals surface area contributed by atoms with Gasteiger partial charge in [0, 0.05) is 6.42 Å². The Balaban J connectivity index is 3.63. The van der Waals surface area contributed by atoms with Crippen molar-refractivity contribution in [2.24, 2.45) is 0 Å². The fraction of sp³-hybridized carbons (Fsp3) is 0.913. The molecule has 0 unspecified atom stereocenters. The molecule has 5 nitrogen and oxygen atoms in total. The molecule has 0 aliphatic carbocycles. The maximum Gasteiger partial charge on any atom is 0.307 e. The molecule has 1 N–H and O–H groups in total. The van der Waals surface area contributed by atoms with Crippen molar-refractivity contribution in [3.63, 3.8) is 0 Å². The van der Waals surface area contributed by atoms with Crippen molar-refractivity contribution in [1.82, 2.24) is 0 Å². The molecule has 1 atom stereocenters. The Hall–Kier alpha value is -1.10. The molecular formula is C23H46NO4+. The highest BCUT2D eigenvalue weighted by Crippen LogP contribution is 2.14. The number of carbonyl (C=O) groups excluding carboxylic acids is 1. The molecule has 0 radical (unpaired) electrons. The van der Waals surface area contributed by atoms with Gasteiger partial charge in [-0.1, -0.05) is 84.0 Å². The quantitative estimate of drug-likeness (QED) is 0.133. The summed E-state index contributed by atoms with van der Waals surface area (Å²) in [6.45, 7) is 2.77. The van der Waals surface area contributed by atoms with Gasteiger partial charge >= 0.3 is 11.9 Å². The summed E-state index contributed by atoms with van der Waals surface area (Å²) in [5.41, 5.74) is 0. The zero-order valence-electron chi connectivity index (χ0n) is 19.0. The van der Waals surface area contributed by atoms with Crippen LogP contribution in [0.25, 0.3) is 0 Å². The summed E-state index contributed by atoms with van der Waals surface area (Å²) in [7, 11) is 5.90. The summed E-state index contributed by atoms with van der Waals surface area (Å²) in [5.74, 6) is -1.19. The van der Waals surface area contributed by atoms with Crippen molar-refractivity contribution in [2.75, 3.05) is 27.7 Å². The summed E-state index contributed by atoms with van der Waals surface area (Å²) in [5, 5.41) is 8.99. The first-order valence-electron chi connectivity index (χ1n) is 11.5. The van der Waals surface area contributed by atoms with E-state index in [1.165, 1.54) is 70.6 Å². The molecule has 0 saturated carbocycles. The zero-order valence-corrected chi connectivity index (χ0v) is 19.0. The number of nitrogens with zero attached hydrogens (tertiary/aromatic N) is 1. The van der Waals surface area contributed by atoms with E-state index in [2.05, 4.69) is 6.92 Å². The molecule has 0 amide bonds. The van der Waals surface area contributed by atoms with Gasteiger partial charge in [-0.05, 0) is 6.42 Å². The highest BCUT2D eigenvalue weighted by Gasteiger charge is 2.24. The average molecular weight is 404 g/mol. The molecule has 0 aromatic carbocycles. The smallest absolute Gasteiger partial charge is 0.307 e. The molecule has 0 rings (SSSR count). The van der Waals surface area contributed by atoms with Gasteiger partial charge in [0.25, 0.3) is 0 Å². The number of carboxylic acids is 1. The lowest BCUT2D eigenvalue weighted by Gasteiger charge is -2.28. The van der Waals surface area contributed by atoms with Crippen LogP contribution < -0.4 is 0 Å². The van der Waals surface area contributed by atoms with Crippen molar-refractivity contribution in [1.29, 1.82) is 0 Å². The van der Waals surface area contributed by atoms with Gasteiger partial charge in [-0.25, -0.2) is 0 Å². The number of esters is 1. The predicted octanol–water partition coefficient (Wildman–Crippen LogP) is 5.56. The Morgan fingerprint density at radius 1 is 0.786 bits per heavy atom. The SMILES string of the molecule is CCCCCCCCCCCCCCCC(=O)O[C@H](CC(=O)O)C[N+]([13CH3])([13CH3])[13CH3]. The van der Waals surface area contributed by atoms with E-state index in [9.17, 15) is 9.59 Å². The molecule has 0 aromatic rings. The fourth-order valence-corrected chi connectivity index (χ4v) is 3.48. The lowest BCUT2D eigenvalue weighted by atomic mass is 10.0. The van der Waals surface area contributed by atoms with Gasteiger partial charge in [-0.15, -0.1) is 0 Å². The fourth-order valence-electron chi connectivity index (χ4n) is 3.48. The average Bonchev–Trinajstić information content (AvgIpc) is 2.56. The topological polar surface area (TPSA) is 63.6 Å². The standard InChI is InChI=1S/C23H45NO4/c1-5-6-7-8-9-10-11-12-13-14-15-16-17-18-23(27)28-21(19-22(25)26)20-24(2,3)4/h21H,5-20H2,1-4H3/p+1/t21-/m1/s1/i2+1,3+1,4+1. The number of ether oxygens (including phenoxy) is 1. The molecule has 5 heteroatoms. The number of quaternary nitrogens is 1. The van der Waals surface area contributed by atoms with E-state index >= 15 is 0 Å². The highest BCUT2D eigenvalue weighted by molar-refractivity contribution is 5.71. The van der Waals surface area contributed by atoms with Crippen molar-refractivity contribution < 1.29 is 23.9 Å². The number of carbonyl (C=O) groups is 2. The minimum atomic E-state index is -0.924. The number of carboxylic acid groups (broad SMARTS) is 1. The Kier molecular flexibility index (Phi) is 16.2. The number of rotatable bonds is 19. The number of aliphatic carboxylic acids is 1. The molecule has 0 heterocycles. The van der Waals surface area contributed by atoms with Gasteiger partial charge in [-0.3, -0.25) is 9.59 Å². The van der Waals surface area contributed by atoms with Crippen LogP contribution in [-0.2, 0) is 14.3 Å². The molecule has 0 fully saturated rings. The maximum absolute atomic E-state index is 12.0. The van der Waals surface area contributed by atoms with Crippen LogP contribution in [0.2, 0.25) is 0 Å².